The van der Waals surface area contributed by atoms with Crippen molar-refractivity contribution in [1.29, 1.82) is 0 Å². The Hall–Kier alpha value is -0.920. The van der Waals surface area contributed by atoms with Crippen molar-refractivity contribution in [2.75, 3.05) is 39.3 Å². The number of carbonyl (C=O) groups excluding carboxylic acids is 2. The SMILES string of the molecule is CCCN(CCN(CC)CC)C(=O)CNC(=O)c1ccc(Br)s1. The van der Waals surface area contributed by atoms with Gasteiger partial charge < -0.3 is 15.1 Å². The third-order valence-electron chi connectivity index (χ3n) is 3.62. The van der Waals surface area contributed by atoms with E-state index < -0.39 is 0 Å². The molecular weight excluding hydrogens is 378 g/mol. The molecule has 1 rings (SSSR count). The second-order valence-electron chi connectivity index (χ2n) is 5.19. The topological polar surface area (TPSA) is 52.6 Å². The molecule has 1 N–H and O–H groups in total. The Morgan fingerprint density at radius 2 is 1.83 bits per heavy atom. The first-order valence-corrected chi connectivity index (χ1v) is 9.66. The lowest BCUT2D eigenvalue weighted by Crippen LogP contribution is -2.44. The van der Waals surface area contributed by atoms with E-state index in [1.165, 1.54) is 11.3 Å². The molecule has 0 aliphatic heterocycles. The highest BCUT2D eigenvalue weighted by atomic mass is 79.9. The Kier molecular flexibility index (Phi) is 9.43. The molecule has 7 heteroatoms. The molecule has 1 heterocycles. The van der Waals surface area contributed by atoms with Crippen molar-refractivity contribution in [3.05, 3.63) is 20.8 Å². The third kappa shape index (κ3) is 7.01. The van der Waals surface area contributed by atoms with E-state index in [0.717, 1.165) is 36.4 Å². The van der Waals surface area contributed by atoms with Crippen molar-refractivity contribution in [2.45, 2.75) is 27.2 Å². The highest BCUT2D eigenvalue weighted by molar-refractivity contribution is 9.11. The number of halogens is 1. The number of nitrogens with zero attached hydrogens (tertiary/aromatic N) is 2. The fourth-order valence-electron chi connectivity index (χ4n) is 2.22. The molecule has 23 heavy (non-hydrogen) atoms. The first-order valence-electron chi connectivity index (χ1n) is 8.05. The van der Waals surface area contributed by atoms with Gasteiger partial charge in [0, 0.05) is 19.6 Å². The largest absolute Gasteiger partial charge is 0.342 e. The summed E-state index contributed by atoms with van der Waals surface area (Å²) in [7, 11) is 0. The van der Waals surface area contributed by atoms with Crippen LogP contribution < -0.4 is 5.32 Å². The minimum absolute atomic E-state index is 0.0250. The summed E-state index contributed by atoms with van der Waals surface area (Å²) in [6.07, 6.45) is 0.913. The lowest BCUT2D eigenvalue weighted by Gasteiger charge is -2.26. The molecular formula is C16H26BrN3O2S. The van der Waals surface area contributed by atoms with Crippen LogP contribution in [0, 0.1) is 0 Å². The molecule has 0 radical (unpaired) electrons. The van der Waals surface area contributed by atoms with Crippen LogP contribution in [0.4, 0.5) is 0 Å². The predicted molar refractivity (Wildman–Crippen MR) is 99.0 cm³/mol. The Bertz CT molecular complexity index is 503. The van der Waals surface area contributed by atoms with Crippen molar-refractivity contribution in [3.8, 4) is 0 Å². The minimum atomic E-state index is -0.200. The van der Waals surface area contributed by atoms with Crippen molar-refractivity contribution in [2.24, 2.45) is 0 Å². The van der Waals surface area contributed by atoms with Crippen LogP contribution in [-0.4, -0.2) is 60.9 Å². The van der Waals surface area contributed by atoms with E-state index in [4.69, 9.17) is 0 Å². The molecule has 0 aromatic carbocycles. The number of amides is 2. The fourth-order valence-corrected chi connectivity index (χ4v) is 3.53. The molecule has 1 aromatic heterocycles. The number of hydrogen-bond acceptors (Lipinski definition) is 4. The number of thiophene rings is 1. The minimum Gasteiger partial charge on any atom is -0.342 e. The van der Waals surface area contributed by atoms with Gasteiger partial charge in [0.15, 0.2) is 0 Å². The molecule has 0 unspecified atom stereocenters. The molecule has 0 aliphatic rings. The van der Waals surface area contributed by atoms with Gasteiger partial charge in [-0.05, 0) is 47.6 Å². The molecule has 0 saturated heterocycles. The molecule has 1 aromatic rings. The molecule has 0 bridgehead atoms. The predicted octanol–water partition coefficient (Wildman–Crippen LogP) is 2.82. The average Bonchev–Trinajstić information content (AvgIpc) is 2.98. The van der Waals surface area contributed by atoms with E-state index in [1.54, 1.807) is 6.07 Å². The highest BCUT2D eigenvalue weighted by Crippen LogP contribution is 2.21. The smallest absolute Gasteiger partial charge is 0.261 e. The molecule has 0 spiro atoms. The maximum absolute atomic E-state index is 12.4. The second-order valence-corrected chi connectivity index (χ2v) is 7.66. The van der Waals surface area contributed by atoms with Gasteiger partial charge in [-0.3, -0.25) is 9.59 Å². The van der Waals surface area contributed by atoms with Gasteiger partial charge in [-0.15, -0.1) is 11.3 Å². The van der Waals surface area contributed by atoms with Gasteiger partial charge >= 0.3 is 0 Å². The van der Waals surface area contributed by atoms with Crippen LogP contribution in [-0.2, 0) is 4.79 Å². The quantitative estimate of drug-likeness (QED) is 0.653. The van der Waals surface area contributed by atoms with Crippen LogP contribution in [0.15, 0.2) is 15.9 Å². The first-order chi connectivity index (χ1) is 11.0. The number of carbonyl (C=O) groups is 2. The lowest BCUT2D eigenvalue weighted by atomic mass is 10.3. The van der Waals surface area contributed by atoms with Gasteiger partial charge in [0.25, 0.3) is 5.91 Å². The summed E-state index contributed by atoms with van der Waals surface area (Å²) >= 11 is 4.69. The summed E-state index contributed by atoms with van der Waals surface area (Å²) in [5, 5.41) is 2.71. The third-order valence-corrected chi connectivity index (χ3v) is 5.25. The number of likely N-dealkylation sites (N-methyl/N-ethyl adjacent to an activating group) is 1. The number of rotatable bonds is 10. The summed E-state index contributed by atoms with van der Waals surface area (Å²) in [5.74, 6) is -0.225. The first kappa shape index (κ1) is 20.1. The molecule has 2 amide bonds. The average molecular weight is 404 g/mol. The van der Waals surface area contributed by atoms with E-state index in [1.807, 2.05) is 11.0 Å². The van der Waals surface area contributed by atoms with Gasteiger partial charge in [0.05, 0.1) is 15.2 Å². The Morgan fingerprint density at radius 1 is 1.13 bits per heavy atom. The Morgan fingerprint density at radius 3 is 2.35 bits per heavy atom. The van der Waals surface area contributed by atoms with Crippen molar-refractivity contribution in [1.82, 2.24) is 15.1 Å². The molecule has 0 fully saturated rings. The summed E-state index contributed by atoms with van der Waals surface area (Å²) < 4.78 is 0.904. The summed E-state index contributed by atoms with van der Waals surface area (Å²) in [5.41, 5.74) is 0. The summed E-state index contributed by atoms with van der Waals surface area (Å²) in [4.78, 5) is 29.1. The Balaban J connectivity index is 2.48. The van der Waals surface area contributed by atoms with E-state index >= 15 is 0 Å². The maximum atomic E-state index is 12.4. The van der Waals surface area contributed by atoms with Crippen LogP contribution in [0.1, 0.15) is 36.9 Å². The summed E-state index contributed by atoms with van der Waals surface area (Å²) in [6, 6.07) is 3.58. The molecule has 0 atom stereocenters. The van der Waals surface area contributed by atoms with Crippen LogP contribution in [0.3, 0.4) is 0 Å². The van der Waals surface area contributed by atoms with Gasteiger partial charge in [-0.2, -0.15) is 0 Å². The van der Waals surface area contributed by atoms with Crippen molar-refractivity contribution < 1.29 is 9.59 Å². The fraction of sp³-hybridized carbons (Fsp3) is 0.625. The van der Waals surface area contributed by atoms with Gasteiger partial charge in [0.1, 0.15) is 0 Å². The second kappa shape index (κ2) is 10.8. The van der Waals surface area contributed by atoms with Gasteiger partial charge in [-0.25, -0.2) is 0 Å². The maximum Gasteiger partial charge on any atom is 0.261 e. The van der Waals surface area contributed by atoms with Crippen LogP contribution >= 0.6 is 27.3 Å². The molecule has 130 valence electrons. The van der Waals surface area contributed by atoms with Gasteiger partial charge in [-0.1, -0.05) is 20.8 Å². The van der Waals surface area contributed by atoms with Crippen molar-refractivity contribution in [3.63, 3.8) is 0 Å². The van der Waals surface area contributed by atoms with Crippen molar-refractivity contribution >= 4 is 39.1 Å². The molecule has 0 saturated carbocycles. The highest BCUT2D eigenvalue weighted by Gasteiger charge is 2.16. The van der Waals surface area contributed by atoms with Crippen LogP contribution in [0.25, 0.3) is 0 Å². The molecule has 5 nitrogen and oxygen atoms in total. The van der Waals surface area contributed by atoms with Gasteiger partial charge in [0.2, 0.25) is 5.91 Å². The monoisotopic (exact) mass is 403 g/mol. The summed E-state index contributed by atoms with van der Waals surface area (Å²) in [6.45, 7) is 10.6. The molecule has 0 aliphatic carbocycles. The zero-order valence-electron chi connectivity index (χ0n) is 14.1. The Labute approximate surface area is 151 Å². The normalized spacial score (nSPS) is 10.8. The standard InChI is InChI=1S/C16H26BrN3O2S/c1-4-9-20(11-10-19(5-2)6-3)15(21)12-18-16(22)13-7-8-14(17)23-13/h7-8H,4-6,9-12H2,1-3H3,(H,18,22). The van der Waals surface area contributed by atoms with Crippen LogP contribution in [0.5, 0.6) is 0 Å². The number of nitrogens with one attached hydrogen (secondary N) is 1. The van der Waals surface area contributed by atoms with E-state index in [-0.39, 0.29) is 18.4 Å². The van der Waals surface area contributed by atoms with E-state index in [0.29, 0.717) is 11.4 Å². The lowest BCUT2D eigenvalue weighted by molar-refractivity contribution is -0.130. The zero-order valence-corrected chi connectivity index (χ0v) is 16.5. The zero-order chi connectivity index (χ0) is 17.2. The van der Waals surface area contributed by atoms with E-state index in [2.05, 4.69) is 46.9 Å². The van der Waals surface area contributed by atoms with E-state index in [9.17, 15) is 9.59 Å². The van der Waals surface area contributed by atoms with Crippen LogP contribution in [0.2, 0.25) is 0 Å². The number of hydrogen-bond donors (Lipinski definition) is 1.